The number of nitrogens with one attached hydrogen (secondary N) is 1. The molecule has 5 nitrogen and oxygen atoms in total. The number of amides is 1. The number of aromatic amines is 1. The number of halogens is 2. The second-order valence-electron chi connectivity index (χ2n) is 8.40. The minimum atomic E-state index is -0.328. The van der Waals surface area contributed by atoms with Gasteiger partial charge in [-0.2, -0.15) is 5.10 Å². The molecule has 1 aromatic heterocycles. The topological polar surface area (TPSA) is 58.2 Å². The number of methoxy groups -OCH3 is 1. The fourth-order valence-corrected chi connectivity index (χ4v) is 4.74. The standard InChI is InChI=1S/C27H23Cl2N3O2/c1-16-3-7-18(8-4-16)24-23-25(31-30-24)27(33)32(14-13-17-5-10-20(34-2)11-6-17)26(23)19-9-12-21(28)22(29)15-19/h3-12,15,26H,13-14H2,1-2H3,(H,30,31). The molecule has 34 heavy (non-hydrogen) atoms. The van der Waals surface area contributed by atoms with Crippen molar-refractivity contribution >= 4 is 29.1 Å². The Hall–Kier alpha value is -3.28. The summed E-state index contributed by atoms with van der Waals surface area (Å²) < 4.78 is 5.26. The molecule has 5 rings (SSSR count). The van der Waals surface area contributed by atoms with E-state index in [1.807, 2.05) is 72.5 Å². The number of H-pyrrole nitrogens is 1. The Morgan fingerprint density at radius 2 is 1.74 bits per heavy atom. The first-order valence-corrected chi connectivity index (χ1v) is 11.8. The number of ether oxygens (including phenoxy) is 1. The Morgan fingerprint density at radius 1 is 1.00 bits per heavy atom. The van der Waals surface area contributed by atoms with E-state index < -0.39 is 0 Å². The number of benzene rings is 3. The van der Waals surface area contributed by atoms with Crippen LogP contribution in [-0.2, 0) is 6.42 Å². The number of fused-ring (bicyclic) bond motifs is 1. The number of rotatable bonds is 6. The van der Waals surface area contributed by atoms with Crippen LogP contribution in [0.25, 0.3) is 11.3 Å². The second kappa shape index (κ2) is 9.16. The second-order valence-corrected chi connectivity index (χ2v) is 9.21. The Balaban J connectivity index is 1.55. The number of hydrogen-bond donors (Lipinski definition) is 1. The summed E-state index contributed by atoms with van der Waals surface area (Å²) in [6, 6.07) is 21.3. The lowest BCUT2D eigenvalue weighted by Crippen LogP contribution is -2.31. The van der Waals surface area contributed by atoms with Gasteiger partial charge in [-0.1, -0.05) is 71.2 Å². The molecule has 1 atom stereocenters. The summed E-state index contributed by atoms with van der Waals surface area (Å²) in [5, 5.41) is 8.46. The molecule has 1 unspecified atom stereocenters. The first-order chi connectivity index (χ1) is 16.5. The fourth-order valence-electron chi connectivity index (χ4n) is 4.43. The van der Waals surface area contributed by atoms with Gasteiger partial charge in [0.1, 0.15) is 11.4 Å². The van der Waals surface area contributed by atoms with Crippen molar-refractivity contribution in [3.05, 3.63) is 105 Å². The van der Waals surface area contributed by atoms with Crippen molar-refractivity contribution in [3.63, 3.8) is 0 Å². The third-order valence-corrected chi connectivity index (χ3v) is 6.99. The van der Waals surface area contributed by atoms with Crippen molar-refractivity contribution in [2.24, 2.45) is 0 Å². The van der Waals surface area contributed by atoms with E-state index in [4.69, 9.17) is 27.9 Å². The first kappa shape index (κ1) is 22.5. The van der Waals surface area contributed by atoms with Crippen LogP contribution >= 0.6 is 23.2 Å². The van der Waals surface area contributed by atoms with Crippen LogP contribution < -0.4 is 4.74 Å². The summed E-state index contributed by atoms with van der Waals surface area (Å²) in [6.45, 7) is 2.58. The zero-order chi connectivity index (χ0) is 23.8. The zero-order valence-electron chi connectivity index (χ0n) is 18.8. The summed E-state index contributed by atoms with van der Waals surface area (Å²) in [5.74, 6) is 0.726. The van der Waals surface area contributed by atoms with Gasteiger partial charge in [-0.15, -0.1) is 0 Å². The molecule has 1 aliphatic rings. The number of hydrogen-bond acceptors (Lipinski definition) is 3. The first-order valence-electron chi connectivity index (χ1n) is 11.0. The van der Waals surface area contributed by atoms with Crippen molar-refractivity contribution in [1.82, 2.24) is 15.1 Å². The van der Waals surface area contributed by atoms with Gasteiger partial charge in [0.05, 0.1) is 28.9 Å². The van der Waals surface area contributed by atoms with Crippen molar-refractivity contribution in [1.29, 1.82) is 0 Å². The third-order valence-electron chi connectivity index (χ3n) is 6.25. The normalized spacial score (nSPS) is 15.0. The van der Waals surface area contributed by atoms with Crippen LogP contribution in [0, 0.1) is 6.92 Å². The molecule has 0 fully saturated rings. The molecule has 0 bridgehead atoms. The molecule has 0 radical (unpaired) electrons. The zero-order valence-corrected chi connectivity index (χ0v) is 20.3. The molecule has 2 heterocycles. The van der Waals surface area contributed by atoms with Gasteiger partial charge in [0.25, 0.3) is 5.91 Å². The van der Waals surface area contributed by atoms with Crippen LogP contribution in [0.4, 0.5) is 0 Å². The van der Waals surface area contributed by atoms with E-state index in [9.17, 15) is 4.79 Å². The number of aryl methyl sites for hydroxylation is 1. The highest BCUT2D eigenvalue weighted by atomic mass is 35.5. The van der Waals surface area contributed by atoms with Crippen LogP contribution in [0.15, 0.2) is 66.7 Å². The van der Waals surface area contributed by atoms with Crippen LogP contribution in [0.5, 0.6) is 5.75 Å². The van der Waals surface area contributed by atoms with E-state index in [0.717, 1.165) is 39.3 Å². The van der Waals surface area contributed by atoms with Gasteiger partial charge in [-0.25, -0.2) is 0 Å². The van der Waals surface area contributed by atoms with E-state index in [1.54, 1.807) is 13.2 Å². The molecule has 7 heteroatoms. The van der Waals surface area contributed by atoms with Gasteiger partial charge in [-0.3, -0.25) is 9.89 Å². The van der Waals surface area contributed by atoms with Gasteiger partial charge in [0.2, 0.25) is 0 Å². The van der Waals surface area contributed by atoms with Crippen LogP contribution in [0.3, 0.4) is 0 Å². The minimum absolute atomic E-state index is 0.0783. The molecule has 0 saturated heterocycles. The number of carbonyl (C=O) groups is 1. The lowest BCUT2D eigenvalue weighted by atomic mass is 9.95. The highest BCUT2D eigenvalue weighted by Crippen LogP contribution is 2.43. The minimum Gasteiger partial charge on any atom is -0.497 e. The largest absolute Gasteiger partial charge is 0.497 e. The van der Waals surface area contributed by atoms with E-state index in [1.165, 1.54) is 0 Å². The van der Waals surface area contributed by atoms with Crippen molar-refractivity contribution in [2.75, 3.05) is 13.7 Å². The molecule has 3 aromatic carbocycles. The average molecular weight is 492 g/mol. The maximum Gasteiger partial charge on any atom is 0.273 e. The van der Waals surface area contributed by atoms with E-state index in [2.05, 4.69) is 10.2 Å². The Labute approximate surface area is 208 Å². The number of aromatic nitrogens is 2. The highest BCUT2D eigenvalue weighted by Gasteiger charge is 2.42. The highest BCUT2D eigenvalue weighted by molar-refractivity contribution is 6.42. The van der Waals surface area contributed by atoms with Crippen LogP contribution in [0.1, 0.15) is 38.8 Å². The molecular formula is C27H23Cl2N3O2. The molecule has 0 spiro atoms. The lowest BCUT2D eigenvalue weighted by molar-refractivity contribution is 0.0746. The molecule has 0 aliphatic carbocycles. The molecule has 0 saturated carbocycles. The predicted molar refractivity (Wildman–Crippen MR) is 135 cm³/mol. The van der Waals surface area contributed by atoms with Gasteiger partial charge in [0.15, 0.2) is 0 Å². The SMILES string of the molecule is COc1ccc(CCN2C(=O)c3[nH]nc(-c4ccc(C)cc4)c3C2c2ccc(Cl)c(Cl)c2)cc1. The fraction of sp³-hybridized carbons (Fsp3) is 0.185. The Morgan fingerprint density at radius 3 is 2.41 bits per heavy atom. The maximum atomic E-state index is 13.5. The van der Waals surface area contributed by atoms with Crippen LogP contribution in [0.2, 0.25) is 10.0 Å². The van der Waals surface area contributed by atoms with E-state index in [-0.39, 0.29) is 11.9 Å². The van der Waals surface area contributed by atoms with Gasteiger partial charge in [0, 0.05) is 17.7 Å². The molecule has 172 valence electrons. The van der Waals surface area contributed by atoms with Crippen LogP contribution in [-0.4, -0.2) is 34.7 Å². The number of nitrogens with zero attached hydrogens (tertiary/aromatic N) is 2. The molecule has 1 N–H and O–H groups in total. The van der Waals surface area contributed by atoms with Crippen molar-refractivity contribution in [3.8, 4) is 17.0 Å². The average Bonchev–Trinajstić information content (AvgIpc) is 3.39. The maximum absolute atomic E-state index is 13.5. The van der Waals surface area contributed by atoms with Gasteiger partial charge in [-0.05, 0) is 48.7 Å². The predicted octanol–water partition coefficient (Wildman–Crippen LogP) is 6.49. The Bertz CT molecular complexity index is 1350. The van der Waals surface area contributed by atoms with E-state index >= 15 is 0 Å². The summed E-state index contributed by atoms with van der Waals surface area (Å²) in [4.78, 5) is 15.4. The third kappa shape index (κ3) is 4.06. The lowest BCUT2D eigenvalue weighted by Gasteiger charge is -2.27. The summed E-state index contributed by atoms with van der Waals surface area (Å²) in [7, 11) is 1.65. The molecular weight excluding hydrogens is 469 g/mol. The summed E-state index contributed by atoms with van der Waals surface area (Å²) in [5.41, 5.74) is 6.28. The molecule has 1 aliphatic heterocycles. The monoisotopic (exact) mass is 491 g/mol. The smallest absolute Gasteiger partial charge is 0.273 e. The summed E-state index contributed by atoms with van der Waals surface area (Å²) in [6.07, 6.45) is 0.700. The quantitative estimate of drug-likeness (QED) is 0.335. The Kier molecular flexibility index (Phi) is 6.07. The van der Waals surface area contributed by atoms with Gasteiger partial charge >= 0.3 is 0 Å². The van der Waals surface area contributed by atoms with E-state index in [0.29, 0.717) is 28.7 Å². The van der Waals surface area contributed by atoms with Gasteiger partial charge < -0.3 is 9.64 Å². The molecule has 1 amide bonds. The summed E-state index contributed by atoms with van der Waals surface area (Å²) >= 11 is 12.6. The number of carbonyl (C=O) groups excluding carboxylic acids is 1. The van der Waals surface area contributed by atoms with Crippen molar-refractivity contribution in [2.45, 2.75) is 19.4 Å². The molecule has 4 aromatic rings. The van der Waals surface area contributed by atoms with Crippen molar-refractivity contribution < 1.29 is 9.53 Å².